The monoisotopic (exact) mass is 408 g/mol. The van der Waals surface area contributed by atoms with Crippen molar-refractivity contribution in [2.75, 3.05) is 16.8 Å². The third-order valence-corrected chi connectivity index (χ3v) is 4.02. The molecule has 152 valence electrons. The molecular formula is C19H15F3N2O5. The maximum atomic E-state index is 12.9. The summed E-state index contributed by atoms with van der Waals surface area (Å²) < 4.78 is 48.7. The lowest BCUT2D eigenvalue weighted by Crippen LogP contribution is -2.47. The van der Waals surface area contributed by atoms with Crippen molar-refractivity contribution in [2.45, 2.75) is 19.2 Å². The number of alkyl halides is 3. The molecule has 0 radical (unpaired) electrons. The number of nitrogens with zero attached hydrogens (tertiary/aromatic N) is 1. The van der Waals surface area contributed by atoms with Crippen molar-refractivity contribution in [3.63, 3.8) is 0 Å². The molecule has 1 aliphatic rings. The molecule has 1 aromatic carbocycles. The van der Waals surface area contributed by atoms with E-state index in [0.717, 1.165) is 29.2 Å². The SMILES string of the molecule is CC(OC(=O)/C=C/c1ccco1)C(=O)N1CC(=O)Nc2cc(C(F)(F)F)ccc21. The summed E-state index contributed by atoms with van der Waals surface area (Å²) in [7, 11) is 0. The van der Waals surface area contributed by atoms with Crippen molar-refractivity contribution < 1.29 is 36.7 Å². The summed E-state index contributed by atoms with van der Waals surface area (Å²) >= 11 is 0. The molecule has 0 aliphatic carbocycles. The normalized spacial score (nSPS) is 15.0. The third-order valence-electron chi connectivity index (χ3n) is 4.02. The van der Waals surface area contributed by atoms with E-state index in [2.05, 4.69) is 5.32 Å². The molecule has 1 unspecified atom stereocenters. The quantitative estimate of drug-likeness (QED) is 0.620. The highest BCUT2D eigenvalue weighted by molar-refractivity contribution is 6.11. The largest absolute Gasteiger partial charge is 0.465 e. The molecule has 1 N–H and O–H groups in total. The van der Waals surface area contributed by atoms with Crippen LogP contribution in [0.15, 0.2) is 47.1 Å². The van der Waals surface area contributed by atoms with Crippen LogP contribution < -0.4 is 10.2 Å². The number of hydrogen-bond acceptors (Lipinski definition) is 5. The van der Waals surface area contributed by atoms with Crippen LogP contribution in [0.3, 0.4) is 0 Å². The maximum absolute atomic E-state index is 12.9. The molecule has 0 spiro atoms. The van der Waals surface area contributed by atoms with Crippen molar-refractivity contribution in [1.82, 2.24) is 0 Å². The van der Waals surface area contributed by atoms with Crippen LogP contribution in [0.1, 0.15) is 18.2 Å². The van der Waals surface area contributed by atoms with Crippen LogP contribution in [0.25, 0.3) is 6.08 Å². The van der Waals surface area contributed by atoms with E-state index in [1.54, 1.807) is 12.1 Å². The van der Waals surface area contributed by atoms with E-state index in [9.17, 15) is 27.6 Å². The Morgan fingerprint density at radius 3 is 2.72 bits per heavy atom. The zero-order valence-corrected chi connectivity index (χ0v) is 15.0. The predicted molar refractivity (Wildman–Crippen MR) is 95.7 cm³/mol. The van der Waals surface area contributed by atoms with E-state index >= 15 is 0 Å². The zero-order valence-electron chi connectivity index (χ0n) is 15.0. The number of carbonyl (C=O) groups is 3. The van der Waals surface area contributed by atoms with E-state index in [1.807, 2.05) is 0 Å². The first-order valence-corrected chi connectivity index (χ1v) is 8.40. The Kier molecular flexibility index (Phi) is 5.44. The number of nitrogens with one attached hydrogen (secondary N) is 1. The van der Waals surface area contributed by atoms with Gasteiger partial charge in [-0.05, 0) is 43.3 Å². The van der Waals surface area contributed by atoms with E-state index in [4.69, 9.17) is 9.15 Å². The Bertz CT molecular complexity index is 967. The van der Waals surface area contributed by atoms with Gasteiger partial charge in [-0.15, -0.1) is 0 Å². The average molecular weight is 408 g/mol. The highest BCUT2D eigenvalue weighted by Gasteiger charge is 2.35. The van der Waals surface area contributed by atoms with Crippen LogP contribution in [0.4, 0.5) is 24.5 Å². The minimum Gasteiger partial charge on any atom is -0.465 e. The lowest BCUT2D eigenvalue weighted by Gasteiger charge is -2.31. The fourth-order valence-corrected chi connectivity index (χ4v) is 2.68. The van der Waals surface area contributed by atoms with E-state index in [-0.39, 0.29) is 11.4 Å². The van der Waals surface area contributed by atoms with Crippen molar-refractivity contribution in [1.29, 1.82) is 0 Å². The Balaban J connectivity index is 1.75. The molecule has 0 saturated carbocycles. The van der Waals surface area contributed by atoms with Crippen LogP contribution in [0.2, 0.25) is 0 Å². The number of carbonyl (C=O) groups excluding carboxylic acids is 3. The fraction of sp³-hybridized carbons (Fsp3) is 0.211. The number of hydrogen-bond donors (Lipinski definition) is 1. The third kappa shape index (κ3) is 4.65. The molecule has 0 bridgehead atoms. The second-order valence-electron chi connectivity index (χ2n) is 6.13. The van der Waals surface area contributed by atoms with Crippen LogP contribution in [-0.2, 0) is 25.3 Å². The minimum atomic E-state index is -4.60. The Morgan fingerprint density at radius 1 is 1.31 bits per heavy atom. The summed E-state index contributed by atoms with van der Waals surface area (Å²) in [4.78, 5) is 37.4. The summed E-state index contributed by atoms with van der Waals surface area (Å²) in [6.45, 7) is 0.887. The summed E-state index contributed by atoms with van der Waals surface area (Å²) in [5.41, 5.74) is -1.04. The molecule has 1 aliphatic heterocycles. The summed E-state index contributed by atoms with van der Waals surface area (Å²) in [6.07, 6.45) is -2.04. The molecule has 0 saturated heterocycles. The van der Waals surface area contributed by atoms with Crippen LogP contribution >= 0.6 is 0 Å². The number of furan rings is 1. The van der Waals surface area contributed by atoms with Gasteiger partial charge in [0.05, 0.1) is 23.2 Å². The second-order valence-corrected chi connectivity index (χ2v) is 6.13. The van der Waals surface area contributed by atoms with Gasteiger partial charge in [-0.1, -0.05) is 0 Å². The lowest BCUT2D eigenvalue weighted by atomic mass is 10.1. The van der Waals surface area contributed by atoms with Gasteiger partial charge in [-0.3, -0.25) is 14.5 Å². The Hall–Kier alpha value is -3.56. The number of rotatable bonds is 4. The zero-order chi connectivity index (χ0) is 21.2. The van der Waals surface area contributed by atoms with Gasteiger partial charge in [0.25, 0.3) is 5.91 Å². The molecule has 10 heteroatoms. The predicted octanol–water partition coefficient (Wildman–Crippen LogP) is 3.23. The topological polar surface area (TPSA) is 88.8 Å². The van der Waals surface area contributed by atoms with Gasteiger partial charge in [-0.25, -0.2) is 4.79 Å². The van der Waals surface area contributed by atoms with Gasteiger partial charge < -0.3 is 14.5 Å². The lowest BCUT2D eigenvalue weighted by molar-refractivity contribution is -0.149. The molecule has 1 atom stereocenters. The Labute approximate surface area is 162 Å². The maximum Gasteiger partial charge on any atom is 0.416 e. The van der Waals surface area contributed by atoms with Crippen LogP contribution in [0.5, 0.6) is 0 Å². The molecule has 2 aromatic rings. The van der Waals surface area contributed by atoms with Gasteiger partial charge in [0.1, 0.15) is 12.3 Å². The summed E-state index contributed by atoms with van der Waals surface area (Å²) in [6, 6.07) is 5.87. The number of anilines is 2. The second kappa shape index (κ2) is 7.82. The molecule has 7 nitrogen and oxygen atoms in total. The first kappa shape index (κ1) is 20.2. The minimum absolute atomic E-state index is 0.0802. The number of esters is 1. The average Bonchev–Trinajstić information content (AvgIpc) is 3.17. The van der Waals surface area contributed by atoms with Crippen molar-refractivity contribution >= 4 is 35.2 Å². The van der Waals surface area contributed by atoms with Crippen LogP contribution in [-0.4, -0.2) is 30.4 Å². The number of halogens is 3. The molecule has 2 heterocycles. The molecule has 29 heavy (non-hydrogen) atoms. The highest BCUT2D eigenvalue weighted by atomic mass is 19.4. The molecule has 2 amide bonds. The number of benzene rings is 1. The molecule has 0 fully saturated rings. The first-order chi connectivity index (χ1) is 13.6. The van der Waals surface area contributed by atoms with Gasteiger partial charge in [0, 0.05) is 6.08 Å². The summed E-state index contributed by atoms with van der Waals surface area (Å²) in [5, 5.41) is 2.31. The van der Waals surface area contributed by atoms with E-state index in [0.29, 0.717) is 5.76 Å². The smallest absolute Gasteiger partial charge is 0.416 e. The van der Waals surface area contributed by atoms with Crippen molar-refractivity contribution in [3.05, 3.63) is 54.0 Å². The van der Waals surface area contributed by atoms with Crippen molar-refractivity contribution in [2.24, 2.45) is 0 Å². The molecule has 1 aromatic heterocycles. The number of ether oxygens (including phenoxy) is 1. The summed E-state index contributed by atoms with van der Waals surface area (Å²) in [5.74, 6) is -1.83. The van der Waals surface area contributed by atoms with E-state index in [1.165, 1.54) is 19.3 Å². The fourth-order valence-electron chi connectivity index (χ4n) is 2.68. The van der Waals surface area contributed by atoms with Gasteiger partial charge in [-0.2, -0.15) is 13.2 Å². The van der Waals surface area contributed by atoms with Crippen molar-refractivity contribution in [3.8, 4) is 0 Å². The van der Waals surface area contributed by atoms with E-state index < -0.39 is 42.2 Å². The standard InChI is InChI=1S/C19H15F3N2O5/c1-11(29-17(26)7-5-13-3-2-8-28-13)18(27)24-10-16(25)23-14-9-12(19(20,21)22)4-6-15(14)24/h2-9,11H,10H2,1H3,(H,23,25)/b7-5+. The van der Waals surface area contributed by atoms with Gasteiger partial charge >= 0.3 is 12.1 Å². The van der Waals surface area contributed by atoms with Crippen LogP contribution in [0, 0.1) is 0 Å². The molecule has 3 rings (SSSR count). The number of fused-ring (bicyclic) bond motifs is 1. The number of amides is 2. The first-order valence-electron chi connectivity index (χ1n) is 8.40. The van der Waals surface area contributed by atoms with Gasteiger partial charge in [0.2, 0.25) is 5.91 Å². The Morgan fingerprint density at radius 2 is 2.07 bits per heavy atom. The molecular weight excluding hydrogens is 393 g/mol. The van der Waals surface area contributed by atoms with Gasteiger partial charge in [0.15, 0.2) is 6.10 Å². The highest BCUT2D eigenvalue weighted by Crippen LogP contribution is 2.37.